The number of rotatable bonds is 5. The maximum Gasteiger partial charge on any atom is 0.256 e. The average molecular weight is 284 g/mol. The van der Waals surface area contributed by atoms with Crippen LogP contribution in [-0.2, 0) is 5.75 Å². The molecule has 18 heavy (non-hydrogen) atoms. The zero-order chi connectivity index (χ0) is 13.0. The topological polar surface area (TPSA) is 51.0 Å². The molecule has 2 heterocycles. The highest BCUT2D eigenvalue weighted by Gasteiger charge is 2.07. The Bertz CT molecular complexity index is 530. The fourth-order valence-electron chi connectivity index (χ4n) is 1.39. The Morgan fingerprint density at radius 1 is 1.39 bits per heavy atom. The Morgan fingerprint density at radius 3 is 2.89 bits per heavy atom. The number of aryl methyl sites for hydroxylation is 1. The van der Waals surface area contributed by atoms with E-state index in [0.717, 1.165) is 23.8 Å². The minimum Gasteiger partial charge on any atom is -0.440 e. The maximum atomic E-state index is 6.11. The third-order valence-electron chi connectivity index (χ3n) is 2.21. The fraction of sp³-hybridized carbons (Fsp3) is 0.333. The Balaban J connectivity index is 2.05. The number of pyridine rings is 1. The molecule has 1 N–H and O–H groups in total. The molecule has 0 fully saturated rings. The zero-order valence-electron chi connectivity index (χ0n) is 10.2. The third kappa shape index (κ3) is 3.40. The minimum absolute atomic E-state index is 0.637. The molecule has 2 aromatic rings. The van der Waals surface area contributed by atoms with E-state index in [1.807, 2.05) is 26.0 Å². The van der Waals surface area contributed by atoms with E-state index in [9.17, 15) is 0 Å². The molecule has 0 aromatic carbocycles. The van der Waals surface area contributed by atoms with Gasteiger partial charge >= 0.3 is 0 Å². The van der Waals surface area contributed by atoms with Gasteiger partial charge in [0.15, 0.2) is 0 Å². The molecule has 0 bridgehead atoms. The van der Waals surface area contributed by atoms with Crippen molar-refractivity contribution >= 4 is 29.2 Å². The summed E-state index contributed by atoms with van der Waals surface area (Å²) in [4.78, 5) is 8.67. The SMILES string of the molecule is CCNc1ccc(Cl)c(CSc2nc(C)co2)n1. The highest BCUT2D eigenvalue weighted by molar-refractivity contribution is 7.98. The predicted molar refractivity (Wildman–Crippen MR) is 74.2 cm³/mol. The van der Waals surface area contributed by atoms with E-state index >= 15 is 0 Å². The van der Waals surface area contributed by atoms with Gasteiger partial charge in [0.2, 0.25) is 0 Å². The Morgan fingerprint density at radius 2 is 2.22 bits per heavy atom. The molecule has 6 heteroatoms. The number of aromatic nitrogens is 2. The van der Waals surface area contributed by atoms with E-state index in [1.54, 1.807) is 6.26 Å². The lowest BCUT2D eigenvalue weighted by atomic mass is 10.3. The van der Waals surface area contributed by atoms with Crippen molar-refractivity contribution in [2.75, 3.05) is 11.9 Å². The van der Waals surface area contributed by atoms with Gasteiger partial charge < -0.3 is 9.73 Å². The summed E-state index contributed by atoms with van der Waals surface area (Å²) in [5.74, 6) is 1.47. The molecule has 0 saturated carbocycles. The molecule has 4 nitrogen and oxygen atoms in total. The van der Waals surface area contributed by atoms with Crippen molar-refractivity contribution in [3.8, 4) is 0 Å². The largest absolute Gasteiger partial charge is 0.440 e. The van der Waals surface area contributed by atoms with Gasteiger partial charge in [0, 0.05) is 12.3 Å². The number of anilines is 1. The molecule has 2 rings (SSSR count). The highest BCUT2D eigenvalue weighted by atomic mass is 35.5. The monoisotopic (exact) mass is 283 g/mol. The Labute approximate surface area is 115 Å². The van der Waals surface area contributed by atoms with Crippen molar-refractivity contribution in [3.63, 3.8) is 0 Å². The lowest BCUT2D eigenvalue weighted by Crippen LogP contribution is -2.01. The number of halogens is 1. The van der Waals surface area contributed by atoms with Gasteiger partial charge in [-0.3, -0.25) is 0 Å². The highest BCUT2D eigenvalue weighted by Crippen LogP contribution is 2.26. The van der Waals surface area contributed by atoms with Crippen LogP contribution >= 0.6 is 23.4 Å². The van der Waals surface area contributed by atoms with Crippen molar-refractivity contribution in [2.24, 2.45) is 0 Å². The van der Waals surface area contributed by atoms with E-state index in [-0.39, 0.29) is 0 Å². The van der Waals surface area contributed by atoms with Crippen molar-refractivity contribution in [3.05, 3.63) is 34.8 Å². The second kappa shape index (κ2) is 6.11. The molecule has 0 spiro atoms. The lowest BCUT2D eigenvalue weighted by molar-refractivity contribution is 0.454. The van der Waals surface area contributed by atoms with Gasteiger partial charge in [-0.25, -0.2) is 9.97 Å². The van der Waals surface area contributed by atoms with Crippen molar-refractivity contribution < 1.29 is 4.42 Å². The molecule has 0 aliphatic rings. The summed E-state index contributed by atoms with van der Waals surface area (Å²) in [5.41, 5.74) is 1.70. The van der Waals surface area contributed by atoms with Gasteiger partial charge in [-0.15, -0.1) is 0 Å². The van der Waals surface area contributed by atoms with Crippen molar-refractivity contribution in [2.45, 2.75) is 24.8 Å². The molecule has 96 valence electrons. The first-order chi connectivity index (χ1) is 8.69. The predicted octanol–water partition coefficient (Wildman–Crippen LogP) is 3.76. The zero-order valence-corrected chi connectivity index (χ0v) is 11.8. The summed E-state index contributed by atoms with van der Waals surface area (Å²) >= 11 is 7.60. The standard InChI is InChI=1S/C12H14ClN3OS/c1-3-14-11-5-4-9(13)10(16-11)7-18-12-15-8(2)6-17-12/h4-6H,3,7H2,1-2H3,(H,14,16). The Hall–Kier alpha value is -1.20. The van der Waals surface area contributed by atoms with Gasteiger partial charge in [0.05, 0.1) is 16.4 Å². The number of hydrogen-bond acceptors (Lipinski definition) is 5. The summed E-state index contributed by atoms with van der Waals surface area (Å²) in [7, 11) is 0. The third-order valence-corrected chi connectivity index (χ3v) is 3.40. The van der Waals surface area contributed by atoms with Crippen LogP contribution < -0.4 is 5.32 Å². The van der Waals surface area contributed by atoms with E-state index < -0.39 is 0 Å². The van der Waals surface area contributed by atoms with Crippen LogP contribution in [-0.4, -0.2) is 16.5 Å². The van der Waals surface area contributed by atoms with Crippen LogP contribution in [0.4, 0.5) is 5.82 Å². The molecule has 0 amide bonds. The van der Waals surface area contributed by atoms with Gasteiger partial charge in [-0.2, -0.15) is 0 Å². The molecule has 2 aromatic heterocycles. The smallest absolute Gasteiger partial charge is 0.256 e. The van der Waals surface area contributed by atoms with Crippen LogP contribution in [0.25, 0.3) is 0 Å². The van der Waals surface area contributed by atoms with E-state index in [4.69, 9.17) is 16.0 Å². The number of oxazole rings is 1. The quantitative estimate of drug-likeness (QED) is 0.847. The first-order valence-electron chi connectivity index (χ1n) is 5.63. The van der Waals surface area contributed by atoms with Crippen LogP contribution in [0.2, 0.25) is 5.02 Å². The molecule has 0 radical (unpaired) electrons. The second-order valence-electron chi connectivity index (χ2n) is 3.70. The molecule has 0 aliphatic carbocycles. The Kier molecular flexibility index (Phi) is 4.49. The summed E-state index contributed by atoms with van der Waals surface area (Å²) in [6.07, 6.45) is 1.63. The van der Waals surface area contributed by atoms with Crippen molar-refractivity contribution in [1.29, 1.82) is 0 Å². The van der Waals surface area contributed by atoms with Gasteiger partial charge in [0.25, 0.3) is 5.22 Å². The summed E-state index contributed by atoms with van der Waals surface area (Å²) in [6, 6.07) is 3.72. The molecule has 0 saturated heterocycles. The van der Waals surface area contributed by atoms with Crippen LogP contribution in [0.15, 0.2) is 28.0 Å². The van der Waals surface area contributed by atoms with Crippen molar-refractivity contribution in [1.82, 2.24) is 9.97 Å². The molecule has 0 atom stereocenters. The lowest BCUT2D eigenvalue weighted by Gasteiger charge is -2.06. The molecule has 0 aliphatic heterocycles. The van der Waals surface area contributed by atoms with Crippen LogP contribution in [0.5, 0.6) is 0 Å². The van der Waals surface area contributed by atoms with E-state index in [0.29, 0.717) is 16.0 Å². The second-order valence-corrected chi connectivity index (χ2v) is 5.03. The average Bonchev–Trinajstić information content (AvgIpc) is 2.76. The normalized spacial score (nSPS) is 10.6. The number of nitrogens with zero attached hydrogens (tertiary/aromatic N) is 2. The van der Waals surface area contributed by atoms with Gasteiger partial charge in [-0.1, -0.05) is 23.4 Å². The first kappa shape index (κ1) is 13.2. The number of nitrogens with one attached hydrogen (secondary N) is 1. The summed E-state index contributed by atoms with van der Waals surface area (Å²) in [6.45, 7) is 4.75. The van der Waals surface area contributed by atoms with Crippen LogP contribution in [0.3, 0.4) is 0 Å². The van der Waals surface area contributed by atoms with E-state index in [1.165, 1.54) is 11.8 Å². The first-order valence-corrected chi connectivity index (χ1v) is 6.99. The summed E-state index contributed by atoms with van der Waals surface area (Å²) < 4.78 is 5.27. The fourth-order valence-corrected chi connectivity index (χ4v) is 2.45. The molecular weight excluding hydrogens is 270 g/mol. The maximum absolute atomic E-state index is 6.11. The van der Waals surface area contributed by atoms with Gasteiger partial charge in [0.1, 0.15) is 12.1 Å². The number of thioether (sulfide) groups is 1. The van der Waals surface area contributed by atoms with Crippen LogP contribution in [0.1, 0.15) is 18.3 Å². The van der Waals surface area contributed by atoms with E-state index in [2.05, 4.69) is 15.3 Å². The number of hydrogen-bond donors (Lipinski definition) is 1. The molecule has 0 unspecified atom stereocenters. The van der Waals surface area contributed by atoms with Crippen LogP contribution in [0, 0.1) is 6.92 Å². The molecular formula is C12H14ClN3OS. The summed E-state index contributed by atoms with van der Waals surface area (Å²) in [5, 5.41) is 4.46. The minimum atomic E-state index is 0.637. The van der Waals surface area contributed by atoms with Gasteiger partial charge in [-0.05, 0) is 26.0 Å².